The zero-order valence-electron chi connectivity index (χ0n) is 14.2. The predicted molar refractivity (Wildman–Crippen MR) is 100 cm³/mol. The molecule has 1 unspecified atom stereocenters. The van der Waals surface area contributed by atoms with E-state index in [2.05, 4.69) is 10.3 Å². The van der Waals surface area contributed by atoms with Crippen LogP contribution >= 0.6 is 23.1 Å². The molecular formula is C17H14F3N3O2S2. The number of nitrogens with zero attached hydrogens (tertiary/aromatic N) is 2. The van der Waals surface area contributed by atoms with E-state index in [0.717, 1.165) is 23.9 Å². The highest BCUT2D eigenvalue weighted by molar-refractivity contribution is 8.00. The first kappa shape index (κ1) is 19.4. The van der Waals surface area contributed by atoms with Crippen LogP contribution < -0.4 is 10.9 Å². The van der Waals surface area contributed by atoms with E-state index in [-0.39, 0.29) is 11.2 Å². The third-order valence-electron chi connectivity index (χ3n) is 3.78. The zero-order chi connectivity index (χ0) is 19.8. The van der Waals surface area contributed by atoms with Crippen molar-refractivity contribution in [2.45, 2.75) is 23.5 Å². The van der Waals surface area contributed by atoms with E-state index in [1.54, 1.807) is 25.4 Å². The van der Waals surface area contributed by atoms with Crippen LogP contribution in [-0.2, 0) is 18.0 Å². The molecule has 0 saturated heterocycles. The number of thioether (sulfide) groups is 1. The molecule has 2 heterocycles. The number of fused-ring (bicyclic) bond motifs is 1. The number of alkyl halides is 3. The number of thiophene rings is 1. The average molecular weight is 413 g/mol. The van der Waals surface area contributed by atoms with Gasteiger partial charge in [0.15, 0.2) is 5.16 Å². The number of carbonyl (C=O) groups is 1. The lowest BCUT2D eigenvalue weighted by molar-refractivity contribution is -0.137. The number of amides is 1. The van der Waals surface area contributed by atoms with E-state index in [4.69, 9.17) is 0 Å². The van der Waals surface area contributed by atoms with Gasteiger partial charge in [-0.3, -0.25) is 14.2 Å². The number of aromatic nitrogens is 2. The van der Waals surface area contributed by atoms with Gasteiger partial charge >= 0.3 is 6.18 Å². The van der Waals surface area contributed by atoms with Gasteiger partial charge in [-0.2, -0.15) is 13.2 Å². The second-order valence-electron chi connectivity index (χ2n) is 5.72. The van der Waals surface area contributed by atoms with Gasteiger partial charge in [0.05, 0.1) is 16.3 Å². The van der Waals surface area contributed by atoms with Gasteiger partial charge in [-0.25, -0.2) is 4.98 Å². The van der Waals surface area contributed by atoms with Crippen LogP contribution in [0.1, 0.15) is 12.5 Å². The van der Waals surface area contributed by atoms with Crippen LogP contribution in [0.5, 0.6) is 0 Å². The predicted octanol–water partition coefficient (Wildman–Crippen LogP) is 4.13. The summed E-state index contributed by atoms with van der Waals surface area (Å²) in [6, 6.07) is 5.94. The maximum absolute atomic E-state index is 12.6. The van der Waals surface area contributed by atoms with Crippen LogP contribution in [0, 0.1) is 0 Å². The Morgan fingerprint density at radius 2 is 1.93 bits per heavy atom. The average Bonchev–Trinajstić information content (AvgIpc) is 3.07. The maximum Gasteiger partial charge on any atom is 0.416 e. The number of nitrogens with one attached hydrogen (secondary N) is 1. The Morgan fingerprint density at radius 3 is 2.56 bits per heavy atom. The maximum atomic E-state index is 12.6. The molecule has 3 aromatic rings. The van der Waals surface area contributed by atoms with Gasteiger partial charge in [-0.15, -0.1) is 11.3 Å². The van der Waals surface area contributed by atoms with Gasteiger partial charge in [0, 0.05) is 12.7 Å². The summed E-state index contributed by atoms with van der Waals surface area (Å²) in [5, 5.41) is 4.12. The Bertz CT molecular complexity index is 1040. The van der Waals surface area contributed by atoms with Crippen LogP contribution in [0.4, 0.5) is 18.9 Å². The Morgan fingerprint density at radius 1 is 1.26 bits per heavy atom. The first-order valence-electron chi connectivity index (χ1n) is 7.76. The molecule has 0 aliphatic heterocycles. The number of rotatable bonds is 4. The van der Waals surface area contributed by atoms with Crippen LogP contribution in [0.15, 0.2) is 45.7 Å². The zero-order valence-corrected chi connectivity index (χ0v) is 15.8. The van der Waals surface area contributed by atoms with Crippen molar-refractivity contribution in [3.63, 3.8) is 0 Å². The summed E-state index contributed by atoms with van der Waals surface area (Å²) in [5.41, 5.74) is -0.143. The molecule has 1 atom stereocenters. The molecule has 1 amide bonds. The minimum atomic E-state index is -4.43. The normalized spacial score (nSPS) is 12.9. The molecule has 0 saturated carbocycles. The molecule has 2 aromatic heterocycles. The lowest BCUT2D eigenvalue weighted by Crippen LogP contribution is -2.25. The molecule has 0 aliphatic rings. The Kier molecular flexibility index (Phi) is 5.29. The Hall–Kier alpha value is -2.33. The molecule has 3 rings (SSSR count). The van der Waals surface area contributed by atoms with Crippen molar-refractivity contribution >= 4 is 44.9 Å². The van der Waals surface area contributed by atoms with Gasteiger partial charge in [-0.1, -0.05) is 11.8 Å². The van der Waals surface area contributed by atoms with Crippen molar-refractivity contribution in [2.75, 3.05) is 5.32 Å². The molecule has 1 N–H and O–H groups in total. The lowest BCUT2D eigenvalue weighted by Gasteiger charge is -2.14. The summed E-state index contributed by atoms with van der Waals surface area (Å²) >= 11 is 2.40. The largest absolute Gasteiger partial charge is 0.416 e. The van der Waals surface area contributed by atoms with E-state index >= 15 is 0 Å². The third-order valence-corrected chi connectivity index (χ3v) is 5.81. The molecule has 10 heteroatoms. The van der Waals surface area contributed by atoms with Crippen LogP contribution in [-0.4, -0.2) is 20.7 Å². The van der Waals surface area contributed by atoms with E-state index in [0.29, 0.717) is 15.4 Å². The van der Waals surface area contributed by atoms with Crippen molar-refractivity contribution < 1.29 is 18.0 Å². The summed E-state index contributed by atoms with van der Waals surface area (Å²) in [7, 11) is 1.58. The van der Waals surface area contributed by atoms with Gasteiger partial charge in [0.25, 0.3) is 5.56 Å². The fourth-order valence-electron chi connectivity index (χ4n) is 2.27. The number of halogens is 3. The summed E-state index contributed by atoms with van der Waals surface area (Å²) in [6.45, 7) is 1.63. The van der Waals surface area contributed by atoms with Crippen LogP contribution in [0.3, 0.4) is 0 Å². The topological polar surface area (TPSA) is 64.0 Å². The van der Waals surface area contributed by atoms with E-state index in [1.165, 1.54) is 28.0 Å². The number of hydrogen-bond acceptors (Lipinski definition) is 5. The van der Waals surface area contributed by atoms with Gasteiger partial charge < -0.3 is 5.32 Å². The summed E-state index contributed by atoms with van der Waals surface area (Å²) in [5.74, 6) is -0.403. The van der Waals surface area contributed by atoms with E-state index < -0.39 is 22.9 Å². The number of anilines is 1. The van der Waals surface area contributed by atoms with Crippen molar-refractivity contribution in [1.29, 1.82) is 0 Å². The van der Waals surface area contributed by atoms with Crippen LogP contribution in [0.25, 0.3) is 10.2 Å². The molecule has 1 aromatic carbocycles. The molecule has 5 nitrogen and oxygen atoms in total. The van der Waals surface area contributed by atoms with Gasteiger partial charge in [0.1, 0.15) is 4.70 Å². The molecule has 27 heavy (non-hydrogen) atoms. The highest BCUT2D eigenvalue weighted by Crippen LogP contribution is 2.30. The van der Waals surface area contributed by atoms with Crippen molar-refractivity contribution in [1.82, 2.24) is 9.55 Å². The van der Waals surface area contributed by atoms with E-state index in [9.17, 15) is 22.8 Å². The fourth-order valence-corrected chi connectivity index (χ4v) is 3.95. The fraction of sp³-hybridized carbons (Fsp3) is 0.235. The summed E-state index contributed by atoms with van der Waals surface area (Å²) in [4.78, 5) is 29.0. The lowest BCUT2D eigenvalue weighted by atomic mass is 10.2. The molecule has 0 aliphatic carbocycles. The SMILES string of the molecule is CC(Sc1nc2ccsc2c(=O)n1C)C(=O)Nc1ccc(C(F)(F)F)cc1. The summed E-state index contributed by atoms with van der Waals surface area (Å²) in [6.07, 6.45) is -4.43. The molecular weight excluding hydrogens is 399 g/mol. The first-order valence-corrected chi connectivity index (χ1v) is 9.52. The minimum absolute atomic E-state index is 0.187. The monoisotopic (exact) mass is 413 g/mol. The number of hydrogen-bond donors (Lipinski definition) is 1. The van der Waals surface area contributed by atoms with Crippen LogP contribution in [0.2, 0.25) is 0 Å². The molecule has 0 radical (unpaired) electrons. The first-order chi connectivity index (χ1) is 12.7. The Balaban J connectivity index is 1.73. The molecule has 0 spiro atoms. The highest BCUT2D eigenvalue weighted by Gasteiger charge is 2.30. The Labute approximate surface area is 160 Å². The van der Waals surface area contributed by atoms with Gasteiger partial charge in [-0.05, 0) is 42.6 Å². The number of carbonyl (C=O) groups excluding carboxylic acids is 1. The van der Waals surface area contributed by atoms with E-state index in [1.807, 2.05) is 0 Å². The van der Waals surface area contributed by atoms with Crippen molar-refractivity contribution in [2.24, 2.45) is 7.05 Å². The standard InChI is InChI=1S/C17H14F3N3O2S2/c1-9(14(24)21-11-5-3-10(4-6-11)17(18,19)20)27-16-22-12-7-8-26-13(12)15(25)23(16)2/h3-9H,1-2H3,(H,21,24). The minimum Gasteiger partial charge on any atom is -0.325 e. The highest BCUT2D eigenvalue weighted by atomic mass is 32.2. The quantitative estimate of drug-likeness (QED) is 0.516. The molecule has 0 bridgehead atoms. The van der Waals surface area contributed by atoms with Gasteiger partial charge in [0.2, 0.25) is 5.91 Å². The molecule has 142 valence electrons. The second-order valence-corrected chi connectivity index (χ2v) is 7.94. The summed E-state index contributed by atoms with van der Waals surface area (Å²) < 4.78 is 39.7. The smallest absolute Gasteiger partial charge is 0.325 e. The second kappa shape index (κ2) is 7.35. The number of benzene rings is 1. The van der Waals surface area contributed by atoms with Crippen molar-refractivity contribution in [3.05, 3.63) is 51.6 Å². The molecule has 0 fully saturated rings. The third kappa shape index (κ3) is 4.16. The van der Waals surface area contributed by atoms with Crippen molar-refractivity contribution in [3.8, 4) is 0 Å².